The first-order valence-corrected chi connectivity index (χ1v) is 3.85. The molecule has 74 valence electrons. The Morgan fingerprint density at radius 1 is 1.23 bits per heavy atom. The van der Waals surface area contributed by atoms with Gasteiger partial charge < -0.3 is 15.9 Å². The smallest absolute Gasteiger partial charge is 0.0963 e. The summed E-state index contributed by atoms with van der Waals surface area (Å²) >= 11 is 0. The Morgan fingerprint density at radius 3 is 2.23 bits per heavy atom. The number of nitrogens with two attached hydrogens (primary N) is 1. The number of halogens is 1. The Bertz CT molecular complexity index is 230. The van der Waals surface area contributed by atoms with Gasteiger partial charge >= 0.3 is 0 Å². The van der Waals surface area contributed by atoms with Gasteiger partial charge in [-0.1, -0.05) is 30.3 Å². The molecule has 0 fully saturated rings. The van der Waals surface area contributed by atoms with Crippen LogP contribution < -0.4 is 5.73 Å². The van der Waals surface area contributed by atoms with E-state index in [4.69, 9.17) is 10.8 Å². The number of aliphatic hydroxyl groups is 2. The number of hydrogen-bond acceptors (Lipinski definition) is 3. The van der Waals surface area contributed by atoms with Crippen LogP contribution in [-0.2, 0) is 0 Å². The van der Waals surface area contributed by atoms with Crippen molar-refractivity contribution in [3.05, 3.63) is 35.9 Å². The standard InChI is InChI=1S/C9H13NO2.ClH/c10-8(6-11)9(12)7-4-2-1-3-5-7;/h1-5,8-9,11-12H,6,10H2;1H. The summed E-state index contributed by atoms with van der Waals surface area (Å²) in [5.74, 6) is 0. The maximum absolute atomic E-state index is 9.50. The van der Waals surface area contributed by atoms with Crippen molar-refractivity contribution < 1.29 is 10.2 Å². The average molecular weight is 204 g/mol. The third kappa shape index (κ3) is 3.32. The first-order chi connectivity index (χ1) is 5.75. The summed E-state index contributed by atoms with van der Waals surface area (Å²) in [7, 11) is 0. The molecular formula is C9H14ClNO2. The van der Waals surface area contributed by atoms with Crippen molar-refractivity contribution >= 4 is 12.4 Å². The monoisotopic (exact) mass is 203 g/mol. The quantitative estimate of drug-likeness (QED) is 0.669. The van der Waals surface area contributed by atoms with Crippen LogP contribution in [-0.4, -0.2) is 22.9 Å². The van der Waals surface area contributed by atoms with Gasteiger partial charge in [0.05, 0.1) is 18.8 Å². The van der Waals surface area contributed by atoms with Crippen molar-refractivity contribution in [3.8, 4) is 0 Å². The van der Waals surface area contributed by atoms with E-state index in [1.54, 1.807) is 12.1 Å². The van der Waals surface area contributed by atoms with Crippen molar-refractivity contribution in [3.63, 3.8) is 0 Å². The molecule has 0 amide bonds. The van der Waals surface area contributed by atoms with Gasteiger partial charge in [0.15, 0.2) is 0 Å². The molecule has 0 radical (unpaired) electrons. The highest BCUT2D eigenvalue weighted by Gasteiger charge is 2.14. The predicted octanol–water partition coefficient (Wildman–Crippen LogP) is 0.461. The molecule has 2 atom stereocenters. The molecule has 0 spiro atoms. The van der Waals surface area contributed by atoms with Crippen molar-refractivity contribution in [2.75, 3.05) is 6.61 Å². The lowest BCUT2D eigenvalue weighted by Gasteiger charge is -2.16. The summed E-state index contributed by atoms with van der Waals surface area (Å²) in [6, 6.07) is 8.46. The highest BCUT2D eigenvalue weighted by atomic mass is 35.5. The molecule has 1 aromatic carbocycles. The van der Waals surface area contributed by atoms with Crippen molar-refractivity contribution in [1.29, 1.82) is 0 Å². The molecule has 0 saturated carbocycles. The van der Waals surface area contributed by atoms with Gasteiger partial charge in [-0.05, 0) is 5.56 Å². The largest absolute Gasteiger partial charge is 0.395 e. The topological polar surface area (TPSA) is 66.5 Å². The van der Waals surface area contributed by atoms with E-state index in [1.165, 1.54) is 0 Å². The van der Waals surface area contributed by atoms with Crippen LogP contribution in [0, 0.1) is 0 Å². The fourth-order valence-electron chi connectivity index (χ4n) is 0.997. The lowest BCUT2D eigenvalue weighted by atomic mass is 10.0. The molecular weight excluding hydrogens is 190 g/mol. The minimum absolute atomic E-state index is 0. The summed E-state index contributed by atoms with van der Waals surface area (Å²) < 4.78 is 0. The second-order valence-electron chi connectivity index (χ2n) is 2.70. The van der Waals surface area contributed by atoms with Gasteiger partial charge in [-0.3, -0.25) is 0 Å². The zero-order valence-electron chi connectivity index (χ0n) is 7.13. The minimum Gasteiger partial charge on any atom is -0.395 e. The Balaban J connectivity index is 0.00000144. The van der Waals surface area contributed by atoms with E-state index in [2.05, 4.69) is 0 Å². The van der Waals surface area contributed by atoms with E-state index < -0.39 is 12.1 Å². The highest BCUT2D eigenvalue weighted by molar-refractivity contribution is 5.85. The van der Waals surface area contributed by atoms with E-state index in [1.807, 2.05) is 18.2 Å². The molecule has 3 nitrogen and oxygen atoms in total. The summed E-state index contributed by atoms with van der Waals surface area (Å²) in [5.41, 5.74) is 6.18. The SMILES string of the molecule is Cl.NC(CO)C(O)c1ccccc1. The number of rotatable bonds is 3. The summed E-state index contributed by atoms with van der Waals surface area (Å²) in [4.78, 5) is 0. The van der Waals surface area contributed by atoms with Crippen LogP contribution in [0.2, 0.25) is 0 Å². The zero-order valence-corrected chi connectivity index (χ0v) is 7.95. The Kier molecular flexibility index (Phi) is 5.66. The fraction of sp³-hybridized carbons (Fsp3) is 0.333. The Hall–Kier alpha value is -0.610. The van der Waals surface area contributed by atoms with Gasteiger partial charge in [0.1, 0.15) is 0 Å². The first kappa shape index (κ1) is 12.4. The third-order valence-corrected chi connectivity index (χ3v) is 1.76. The summed E-state index contributed by atoms with van der Waals surface area (Å²) in [6.45, 7) is -0.212. The Labute approximate surface area is 83.6 Å². The summed E-state index contributed by atoms with van der Waals surface area (Å²) in [5, 5.41) is 18.2. The Morgan fingerprint density at radius 2 is 1.77 bits per heavy atom. The maximum Gasteiger partial charge on any atom is 0.0963 e. The minimum atomic E-state index is -0.781. The second-order valence-corrected chi connectivity index (χ2v) is 2.70. The molecule has 0 aromatic heterocycles. The van der Waals surface area contributed by atoms with Gasteiger partial charge in [0.2, 0.25) is 0 Å². The first-order valence-electron chi connectivity index (χ1n) is 3.85. The van der Waals surface area contributed by atoms with Crippen LogP contribution in [0.3, 0.4) is 0 Å². The van der Waals surface area contributed by atoms with Crippen molar-refractivity contribution in [2.24, 2.45) is 5.73 Å². The third-order valence-electron chi connectivity index (χ3n) is 1.76. The van der Waals surface area contributed by atoms with Crippen molar-refractivity contribution in [1.82, 2.24) is 0 Å². The van der Waals surface area contributed by atoms with E-state index >= 15 is 0 Å². The summed E-state index contributed by atoms with van der Waals surface area (Å²) in [6.07, 6.45) is -0.781. The van der Waals surface area contributed by atoms with Crippen LogP contribution in [0.1, 0.15) is 11.7 Å². The molecule has 13 heavy (non-hydrogen) atoms. The van der Waals surface area contributed by atoms with Crippen LogP contribution in [0.15, 0.2) is 30.3 Å². The van der Waals surface area contributed by atoms with Gasteiger partial charge in [0.25, 0.3) is 0 Å². The molecule has 0 aliphatic rings. The second kappa shape index (κ2) is 5.94. The molecule has 4 N–H and O–H groups in total. The molecule has 0 aliphatic heterocycles. The van der Waals surface area contributed by atoms with E-state index in [-0.39, 0.29) is 19.0 Å². The molecule has 0 bridgehead atoms. The molecule has 1 rings (SSSR count). The van der Waals surface area contributed by atoms with Crippen LogP contribution in [0.4, 0.5) is 0 Å². The van der Waals surface area contributed by atoms with Gasteiger partial charge in [-0.15, -0.1) is 12.4 Å². The lowest BCUT2D eigenvalue weighted by Crippen LogP contribution is -2.31. The van der Waals surface area contributed by atoms with Crippen LogP contribution >= 0.6 is 12.4 Å². The lowest BCUT2D eigenvalue weighted by molar-refractivity contribution is 0.109. The number of hydrogen-bond donors (Lipinski definition) is 3. The van der Waals surface area contributed by atoms with E-state index in [0.717, 1.165) is 5.56 Å². The normalized spacial score (nSPS) is 14.4. The zero-order chi connectivity index (χ0) is 8.97. The molecule has 0 heterocycles. The highest BCUT2D eigenvalue weighted by Crippen LogP contribution is 2.14. The average Bonchev–Trinajstić information content (AvgIpc) is 2.17. The van der Waals surface area contributed by atoms with E-state index in [9.17, 15) is 5.11 Å². The number of benzene rings is 1. The van der Waals surface area contributed by atoms with Gasteiger partial charge in [-0.25, -0.2) is 0 Å². The molecule has 4 heteroatoms. The molecule has 2 unspecified atom stereocenters. The van der Waals surface area contributed by atoms with Crippen molar-refractivity contribution in [2.45, 2.75) is 12.1 Å². The predicted molar refractivity (Wildman–Crippen MR) is 53.7 cm³/mol. The molecule has 0 saturated heterocycles. The molecule has 1 aromatic rings. The number of aliphatic hydroxyl groups excluding tert-OH is 2. The van der Waals surface area contributed by atoms with Crippen LogP contribution in [0.25, 0.3) is 0 Å². The van der Waals surface area contributed by atoms with E-state index in [0.29, 0.717) is 0 Å². The van der Waals surface area contributed by atoms with Crippen LogP contribution in [0.5, 0.6) is 0 Å². The van der Waals surface area contributed by atoms with Gasteiger partial charge in [0, 0.05) is 0 Å². The maximum atomic E-state index is 9.50. The molecule has 0 aliphatic carbocycles. The van der Waals surface area contributed by atoms with Gasteiger partial charge in [-0.2, -0.15) is 0 Å². The fourth-order valence-corrected chi connectivity index (χ4v) is 0.997.